The summed E-state index contributed by atoms with van der Waals surface area (Å²) in [6.07, 6.45) is -0.643. The summed E-state index contributed by atoms with van der Waals surface area (Å²) in [5.74, 6) is -5.09. The van der Waals surface area contributed by atoms with Crippen molar-refractivity contribution >= 4 is 29.7 Å². The number of rotatable bonds is 15. The number of nitrogens with one attached hydrogen (secondary N) is 3. The van der Waals surface area contributed by atoms with Crippen LogP contribution in [0.1, 0.15) is 24.0 Å². The SMILES string of the molecule is NC(CCC(=O)O)C(=O)NC(Cc1ccc(O)cc1)C(=O)NC(Cc1ccccc1)C(=O)NC(CO)C(=O)O. The van der Waals surface area contributed by atoms with Crippen molar-refractivity contribution in [1.82, 2.24) is 16.0 Å². The minimum absolute atomic E-state index is 0.0176. The van der Waals surface area contributed by atoms with Crippen LogP contribution in [-0.2, 0) is 36.8 Å². The number of aliphatic hydroxyl groups is 1. The molecule has 0 heterocycles. The average Bonchev–Trinajstić information content (AvgIpc) is 2.90. The van der Waals surface area contributed by atoms with Crippen LogP contribution in [0.5, 0.6) is 5.75 Å². The monoisotopic (exact) mass is 544 g/mol. The predicted molar refractivity (Wildman–Crippen MR) is 137 cm³/mol. The number of hydrogen-bond acceptors (Lipinski definition) is 8. The molecule has 0 aliphatic rings. The Balaban J connectivity index is 2.29. The fourth-order valence-corrected chi connectivity index (χ4v) is 3.56. The molecule has 3 amide bonds. The van der Waals surface area contributed by atoms with Gasteiger partial charge in [0.15, 0.2) is 0 Å². The van der Waals surface area contributed by atoms with E-state index >= 15 is 0 Å². The van der Waals surface area contributed by atoms with Gasteiger partial charge in [0.25, 0.3) is 0 Å². The van der Waals surface area contributed by atoms with Gasteiger partial charge < -0.3 is 42.1 Å². The van der Waals surface area contributed by atoms with Gasteiger partial charge in [0.1, 0.15) is 23.9 Å². The van der Waals surface area contributed by atoms with E-state index in [2.05, 4.69) is 16.0 Å². The highest BCUT2D eigenvalue weighted by molar-refractivity contribution is 5.94. The van der Waals surface area contributed by atoms with E-state index in [0.717, 1.165) is 0 Å². The van der Waals surface area contributed by atoms with E-state index in [9.17, 15) is 39.3 Å². The summed E-state index contributed by atoms with van der Waals surface area (Å²) in [7, 11) is 0. The summed E-state index contributed by atoms with van der Waals surface area (Å²) >= 11 is 0. The third-order valence-corrected chi connectivity index (χ3v) is 5.73. The number of carbonyl (C=O) groups is 5. The molecule has 0 aromatic heterocycles. The quantitative estimate of drug-likeness (QED) is 0.135. The Kier molecular flexibility index (Phi) is 11.9. The van der Waals surface area contributed by atoms with Crippen molar-refractivity contribution in [3.8, 4) is 5.75 Å². The molecule has 4 atom stereocenters. The van der Waals surface area contributed by atoms with Crippen molar-refractivity contribution in [3.63, 3.8) is 0 Å². The third-order valence-electron chi connectivity index (χ3n) is 5.73. The predicted octanol–water partition coefficient (Wildman–Crippen LogP) is -1.10. The Morgan fingerprint density at radius 2 is 1.21 bits per heavy atom. The number of aromatic hydroxyl groups is 1. The lowest BCUT2D eigenvalue weighted by atomic mass is 10.0. The van der Waals surface area contributed by atoms with Crippen LogP contribution in [0, 0.1) is 0 Å². The summed E-state index contributed by atoms with van der Waals surface area (Å²) in [4.78, 5) is 61.2. The van der Waals surface area contributed by atoms with Crippen molar-refractivity contribution in [2.45, 2.75) is 49.9 Å². The number of hydrogen-bond donors (Lipinski definition) is 8. The molecule has 2 rings (SSSR count). The maximum Gasteiger partial charge on any atom is 0.328 e. The molecule has 0 bridgehead atoms. The van der Waals surface area contributed by atoms with E-state index in [1.165, 1.54) is 24.3 Å². The Morgan fingerprint density at radius 1 is 0.718 bits per heavy atom. The molecule has 13 heteroatoms. The van der Waals surface area contributed by atoms with Crippen molar-refractivity contribution < 1.29 is 44.4 Å². The topological polar surface area (TPSA) is 228 Å². The number of nitrogens with two attached hydrogens (primary N) is 1. The van der Waals surface area contributed by atoms with Crippen LogP contribution < -0.4 is 21.7 Å². The maximum absolute atomic E-state index is 13.4. The van der Waals surface area contributed by atoms with Crippen molar-refractivity contribution in [2.75, 3.05) is 6.61 Å². The first-order valence-electron chi connectivity index (χ1n) is 12.0. The molecular formula is C26H32N4O9. The molecule has 13 nitrogen and oxygen atoms in total. The number of benzene rings is 2. The van der Waals surface area contributed by atoms with Crippen LogP contribution in [0.4, 0.5) is 0 Å². The molecular weight excluding hydrogens is 512 g/mol. The molecule has 0 fully saturated rings. The molecule has 0 aliphatic carbocycles. The highest BCUT2D eigenvalue weighted by Gasteiger charge is 2.30. The van der Waals surface area contributed by atoms with Gasteiger partial charge in [-0.25, -0.2) is 4.79 Å². The number of aliphatic carboxylic acids is 2. The largest absolute Gasteiger partial charge is 0.508 e. The molecule has 0 radical (unpaired) electrons. The summed E-state index contributed by atoms with van der Waals surface area (Å²) in [6, 6.07) is 9.03. The lowest BCUT2D eigenvalue weighted by molar-refractivity contribution is -0.143. The molecule has 9 N–H and O–H groups in total. The summed E-state index contributed by atoms with van der Waals surface area (Å²) in [5, 5.41) is 44.1. The lowest BCUT2D eigenvalue weighted by Crippen LogP contribution is -2.58. The number of aliphatic hydroxyl groups excluding tert-OH is 1. The first-order chi connectivity index (χ1) is 18.5. The fraction of sp³-hybridized carbons (Fsp3) is 0.346. The Hall–Kier alpha value is -4.49. The summed E-state index contributed by atoms with van der Waals surface area (Å²) < 4.78 is 0. The average molecular weight is 545 g/mol. The highest BCUT2D eigenvalue weighted by atomic mass is 16.4. The Labute approximate surface area is 224 Å². The number of phenols is 1. The number of carboxylic acids is 2. The zero-order chi connectivity index (χ0) is 28.9. The van der Waals surface area contributed by atoms with Crippen molar-refractivity contribution in [2.24, 2.45) is 5.73 Å². The normalized spacial score (nSPS) is 13.8. The highest BCUT2D eigenvalue weighted by Crippen LogP contribution is 2.12. The molecule has 0 aliphatic heterocycles. The Bertz CT molecular complexity index is 1140. The standard InChI is InChI=1S/C26H32N4O9/c27-18(10-11-22(33)34)23(35)28-19(13-16-6-8-17(32)9-7-16)24(36)29-20(12-15-4-2-1-3-5-15)25(37)30-21(14-31)26(38)39/h1-9,18-21,31-32H,10-14,27H2,(H,28,35)(H,29,36)(H,30,37)(H,33,34)(H,38,39). The van der Waals surface area contributed by atoms with Gasteiger partial charge in [-0.15, -0.1) is 0 Å². The van der Waals surface area contributed by atoms with Gasteiger partial charge in [-0.2, -0.15) is 0 Å². The minimum atomic E-state index is -1.60. The third kappa shape index (κ3) is 10.4. The molecule has 0 spiro atoms. The number of carbonyl (C=O) groups excluding carboxylic acids is 3. The van der Waals surface area contributed by atoms with Crippen LogP contribution in [0.15, 0.2) is 54.6 Å². The second-order valence-corrected chi connectivity index (χ2v) is 8.80. The van der Waals surface area contributed by atoms with Crippen LogP contribution in [0.3, 0.4) is 0 Å². The number of amides is 3. The van der Waals surface area contributed by atoms with Gasteiger partial charge in [0.05, 0.1) is 12.6 Å². The number of carboxylic acid groups (broad SMARTS) is 2. The first kappa shape index (κ1) is 30.7. The van der Waals surface area contributed by atoms with Crippen LogP contribution in [0.2, 0.25) is 0 Å². The van der Waals surface area contributed by atoms with Crippen LogP contribution in [-0.4, -0.2) is 80.9 Å². The van der Waals surface area contributed by atoms with E-state index in [-0.39, 0.29) is 31.4 Å². The molecule has 4 unspecified atom stereocenters. The van der Waals surface area contributed by atoms with Crippen LogP contribution in [0.25, 0.3) is 0 Å². The van der Waals surface area contributed by atoms with E-state index in [1.807, 2.05) is 0 Å². The van der Waals surface area contributed by atoms with Crippen molar-refractivity contribution in [3.05, 3.63) is 65.7 Å². The zero-order valence-electron chi connectivity index (χ0n) is 20.9. The van der Waals surface area contributed by atoms with E-state index < -0.39 is 60.4 Å². The second kappa shape index (κ2) is 15.1. The lowest BCUT2D eigenvalue weighted by Gasteiger charge is -2.25. The molecule has 2 aromatic rings. The van der Waals surface area contributed by atoms with Gasteiger partial charge in [-0.3, -0.25) is 19.2 Å². The Morgan fingerprint density at radius 3 is 1.69 bits per heavy atom. The molecule has 2 aromatic carbocycles. The molecule has 0 saturated heterocycles. The van der Waals surface area contributed by atoms with E-state index in [4.69, 9.17) is 10.8 Å². The summed E-state index contributed by atoms with van der Waals surface area (Å²) in [6.45, 7) is -0.874. The fourth-order valence-electron chi connectivity index (χ4n) is 3.56. The van der Waals surface area contributed by atoms with Crippen LogP contribution >= 0.6 is 0 Å². The van der Waals surface area contributed by atoms with Gasteiger partial charge >= 0.3 is 11.9 Å². The van der Waals surface area contributed by atoms with Gasteiger partial charge in [0.2, 0.25) is 17.7 Å². The number of phenolic OH excluding ortho intramolecular Hbond substituents is 1. The minimum Gasteiger partial charge on any atom is -0.508 e. The second-order valence-electron chi connectivity index (χ2n) is 8.80. The smallest absolute Gasteiger partial charge is 0.328 e. The van der Waals surface area contributed by atoms with E-state index in [0.29, 0.717) is 11.1 Å². The van der Waals surface area contributed by atoms with Gasteiger partial charge in [-0.1, -0.05) is 42.5 Å². The van der Waals surface area contributed by atoms with E-state index in [1.54, 1.807) is 30.3 Å². The molecule has 39 heavy (non-hydrogen) atoms. The van der Waals surface area contributed by atoms with Gasteiger partial charge in [-0.05, 0) is 29.7 Å². The first-order valence-corrected chi connectivity index (χ1v) is 12.0. The van der Waals surface area contributed by atoms with Crippen molar-refractivity contribution in [1.29, 1.82) is 0 Å². The molecule has 0 saturated carbocycles. The maximum atomic E-state index is 13.4. The zero-order valence-corrected chi connectivity index (χ0v) is 20.9. The van der Waals surface area contributed by atoms with Gasteiger partial charge in [0, 0.05) is 19.3 Å². The molecule has 210 valence electrons. The summed E-state index contributed by atoms with van der Waals surface area (Å²) in [5.41, 5.74) is 6.98.